The number of aromatic nitrogens is 2. The van der Waals surface area contributed by atoms with Gasteiger partial charge < -0.3 is 15.9 Å². The Morgan fingerprint density at radius 1 is 1.38 bits per heavy atom. The van der Waals surface area contributed by atoms with E-state index < -0.39 is 12.0 Å². The van der Waals surface area contributed by atoms with Crippen LogP contribution >= 0.6 is 0 Å². The fraction of sp³-hybridized carbons (Fsp3) is 0.333. The topological polar surface area (TPSA) is 101 Å². The Labute approximate surface area is 122 Å². The van der Waals surface area contributed by atoms with Gasteiger partial charge in [-0.3, -0.25) is 9.48 Å². The van der Waals surface area contributed by atoms with Gasteiger partial charge in [-0.15, -0.1) is 0 Å². The number of hydrogen-bond acceptors (Lipinski definition) is 4. The minimum Gasteiger partial charge on any atom is -0.508 e. The van der Waals surface area contributed by atoms with E-state index in [9.17, 15) is 9.90 Å². The second-order valence-electron chi connectivity index (χ2n) is 5.18. The molecular formula is C15H19N3O3. The Balaban J connectivity index is 2.28. The van der Waals surface area contributed by atoms with Crippen LogP contribution in [-0.2, 0) is 24.7 Å². The second-order valence-corrected chi connectivity index (χ2v) is 5.18. The Kier molecular flexibility index (Phi) is 4.28. The lowest BCUT2D eigenvalue weighted by Crippen LogP contribution is -2.32. The zero-order valence-corrected chi connectivity index (χ0v) is 12.1. The molecule has 0 saturated heterocycles. The van der Waals surface area contributed by atoms with Crippen molar-refractivity contribution in [3.8, 4) is 5.75 Å². The average molecular weight is 289 g/mol. The SMILES string of the molecule is Cc1cc(Cc2cc(O)ccc2C[C@H](N)C(=O)O)nn1C. The van der Waals surface area contributed by atoms with Crippen LogP contribution in [0.25, 0.3) is 0 Å². The van der Waals surface area contributed by atoms with Crippen LogP contribution < -0.4 is 5.73 Å². The summed E-state index contributed by atoms with van der Waals surface area (Å²) in [6.45, 7) is 1.96. The van der Waals surface area contributed by atoms with Gasteiger partial charge in [-0.25, -0.2) is 0 Å². The summed E-state index contributed by atoms with van der Waals surface area (Å²) in [5.41, 5.74) is 9.15. The highest BCUT2D eigenvalue weighted by atomic mass is 16.4. The molecule has 4 N–H and O–H groups in total. The van der Waals surface area contributed by atoms with Gasteiger partial charge >= 0.3 is 5.97 Å². The molecule has 0 aliphatic heterocycles. The summed E-state index contributed by atoms with van der Waals surface area (Å²) in [5, 5.41) is 23.0. The number of phenolic OH excluding ortho intramolecular Hbond substituents is 1. The third-order valence-corrected chi connectivity index (χ3v) is 3.48. The van der Waals surface area contributed by atoms with Crippen LogP contribution in [0.1, 0.15) is 22.5 Å². The van der Waals surface area contributed by atoms with Gasteiger partial charge in [0, 0.05) is 19.2 Å². The number of rotatable bonds is 5. The van der Waals surface area contributed by atoms with Crippen molar-refractivity contribution in [3.63, 3.8) is 0 Å². The van der Waals surface area contributed by atoms with E-state index in [0.29, 0.717) is 6.42 Å². The summed E-state index contributed by atoms with van der Waals surface area (Å²) in [6.07, 6.45) is 0.745. The Morgan fingerprint density at radius 2 is 2.10 bits per heavy atom. The molecule has 0 fully saturated rings. The first-order valence-electron chi connectivity index (χ1n) is 6.65. The molecule has 0 spiro atoms. The molecule has 21 heavy (non-hydrogen) atoms. The van der Waals surface area contributed by atoms with Gasteiger partial charge in [0.1, 0.15) is 11.8 Å². The van der Waals surface area contributed by atoms with E-state index in [1.807, 2.05) is 20.0 Å². The van der Waals surface area contributed by atoms with Crippen molar-refractivity contribution >= 4 is 5.97 Å². The number of aryl methyl sites for hydroxylation is 2. The fourth-order valence-electron chi connectivity index (χ4n) is 2.22. The van der Waals surface area contributed by atoms with E-state index in [1.54, 1.807) is 16.8 Å². The highest BCUT2D eigenvalue weighted by molar-refractivity contribution is 5.73. The molecule has 0 aliphatic carbocycles. The maximum Gasteiger partial charge on any atom is 0.320 e. The van der Waals surface area contributed by atoms with Crippen LogP contribution in [0.2, 0.25) is 0 Å². The largest absolute Gasteiger partial charge is 0.508 e. The van der Waals surface area contributed by atoms with E-state index in [0.717, 1.165) is 22.5 Å². The number of aliphatic carboxylic acids is 1. The van der Waals surface area contributed by atoms with Crippen LogP contribution in [-0.4, -0.2) is 32.0 Å². The van der Waals surface area contributed by atoms with Crippen molar-refractivity contribution < 1.29 is 15.0 Å². The highest BCUT2D eigenvalue weighted by Crippen LogP contribution is 2.21. The molecule has 1 heterocycles. The maximum atomic E-state index is 10.9. The number of hydrogen-bond donors (Lipinski definition) is 3. The van der Waals surface area contributed by atoms with Crippen molar-refractivity contribution in [1.82, 2.24) is 9.78 Å². The maximum absolute atomic E-state index is 10.9. The molecule has 1 aromatic carbocycles. The molecule has 1 aromatic heterocycles. The summed E-state index contributed by atoms with van der Waals surface area (Å²) in [5.74, 6) is -0.895. The summed E-state index contributed by atoms with van der Waals surface area (Å²) >= 11 is 0. The first-order valence-corrected chi connectivity index (χ1v) is 6.65. The molecule has 6 heteroatoms. The number of aromatic hydroxyl groups is 1. The van der Waals surface area contributed by atoms with Crippen molar-refractivity contribution in [2.24, 2.45) is 12.8 Å². The molecule has 0 saturated carbocycles. The van der Waals surface area contributed by atoms with Gasteiger partial charge in [-0.1, -0.05) is 6.07 Å². The van der Waals surface area contributed by atoms with Crippen LogP contribution in [0.3, 0.4) is 0 Å². The first kappa shape index (κ1) is 15.1. The Morgan fingerprint density at radius 3 is 2.67 bits per heavy atom. The molecule has 2 rings (SSSR count). The monoisotopic (exact) mass is 289 g/mol. The number of nitrogens with zero attached hydrogens (tertiary/aromatic N) is 2. The van der Waals surface area contributed by atoms with Gasteiger partial charge in [-0.05, 0) is 42.7 Å². The molecular weight excluding hydrogens is 270 g/mol. The third-order valence-electron chi connectivity index (χ3n) is 3.48. The average Bonchev–Trinajstić information content (AvgIpc) is 2.71. The van der Waals surface area contributed by atoms with E-state index in [-0.39, 0.29) is 12.2 Å². The highest BCUT2D eigenvalue weighted by Gasteiger charge is 2.16. The van der Waals surface area contributed by atoms with Crippen LogP contribution in [0.4, 0.5) is 0 Å². The third kappa shape index (κ3) is 3.61. The van der Waals surface area contributed by atoms with Gasteiger partial charge in [0.05, 0.1) is 5.69 Å². The van der Waals surface area contributed by atoms with Crippen LogP contribution in [0.15, 0.2) is 24.3 Å². The number of phenols is 1. The molecule has 0 radical (unpaired) electrons. The van der Waals surface area contributed by atoms with E-state index in [4.69, 9.17) is 10.8 Å². The Hall–Kier alpha value is -2.34. The van der Waals surface area contributed by atoms with Gasteiger partial charge in [-0.2, -0.15) is 5.10 Å². The molecule has 1 atom stereocenters. The lowest BCUT2D eigenvalue weighted by molar-refractivity contribution is -0.138. The number of carbonyl (C=O) groups is 1. The molecule has 0 unspecified atom stereocenters. The molecule has 0 amide bonds. The summed E-state index contributed by atoms with van der Waals surface area (Å²) in [6, 6.07) is 5.89. The standard InChI is InChI=1S/C15H19N3O3/c1-9-5-12(17-18(9)2)6-11-7-13(19)4-3-10(11)8-14(16)15(20)21/h3-5,7,14,19H,6,8,16H2,1-2H3,(H,20,21)/t14-/m0/s1. The van der Waals surface area contributed by atoms with Gasteiger partial charge in [0.2, 0.25) is 0 Å². The van der Waals surface area contributed by atoms with Crippen LogP contribution in [0.5, 0.6) is 5.75 Å². The van der Waals surface area contributed by atoms with Crippen LogP contribution in [0, 0.1) is 6.92 Å². The van der Waals surface area contributed by atoms with E-state index in [2.05, 4.69) is 5.10 Å². The van der Waals surface area contributed by atoms with Crippen molar-refractivity contribution in [3.05, 3.63) is 46.8 Å². The minimum absolute atomic E-state index is 0.144. The van der Waals surface area contributed by atoms with E-state index >= 15 is 0 Å². The lowest BCUT2D eigenvalue weighted by Gasteiger charge is -2.12. The summed E-state index contributed by atoms with van der Waals surface area (Å²) in [7, 11) is 1.86. The van der Waals surface area contributed by atoms with Crippen molar-refractivity contribution in [1.29, 1.82) is 0 Å². The molecule has 2 aromatic rings. The van der Waals surface area contributed by atoms with Gasteiger partial charge in [0.25, 0.3) is 0 Å². The quantitative estimate of drug-likeness (QED) is 0.761. The molecule has 0 aliphatic rings. The van der Waals surface area contributed by atoms with Crippen molar-refractivity contribution in [2.75, 3.05) is 0 Å². The lowest BCUT2D eigenvalue weighted by atomic mass is 9.97. The normalized spacial score (nSPS) is 12.3. The number of carboxylic acids is 1. The summed E-state index contributed by atoms with van der Waals surface area (Å²) < 4.78 is 1.78. The van der Waals surface area contributed by atoms with Gasteiger partial charge in [0.15, 0.2) is 0 Å². The number of benzene rings is 1. The van der Waals surface area contributed by atoms with E-state index in [1.165, 1.54) is 6.07 Å². The Bertz CT molecular complexity index is 645. The molecule has 6 nitrogen and oxygen atoms in total. The predicted octanol–water partition coefficient (Wildman–Crippen LogP) is 0.979. The zero-order chi connectivity index (χ0) is 15.6. The first-order chi connectivity index (χ1) is 9.86. The van der Waals surface area contributed by atoms with Crippen molar-refractivity contribution in [2.45, 2.75) is 25.8 Å². The number of nitrogens with two attached hydrogens (primary N) is 1. The fourth-order valence-corrected chi connectivity index (χ4v) is 2.22. The predicted molar refractivity (Wildman–Crippen MR) is 78.2 cm³/mol. The number of carboxylic acid groups (broad SMARTS) is 1. The zero-order valence-electron chi connectivity index (χ0n) is 12.1. The minimum atomic E-state index is -1.04. The second kappa shape index (κ2) is 5.97. The smallest absolute Gasteiger partial charge is 0.320 e. The molecule has 112 valence electrons. The molecule has 0 bridgehead atoms. The summed E-state index contributed by atoms with van der Waals surface area (Å²) in [4.78, 5) is 10.9.